The number of carbonyl (C=O) groups excluding carboxylic acids is 1. The first-order chi connectivity index (χ1) is 9.27. The van der Waals surface area contributed by atoms with Gasteiger partial charge in [0.05, 0.1) is 13.2 Å². The van der Waals surface area contributed by atoms with Crippen molar-refractivity contribution in [2.24, 2.45) is 0 Å². The van der Waals surface area contributed by atoms with Crippen molar-refractivity contribution in [2.45, 2.75) is 13.0 Å². The van der Waals surface area contributed by atoms with E-state index >= 15 is 0 Å². The molecule has 5 nitrogen and oxygen atoms in total. The van der Waals surface area contributed by atoms with Crippen molar-refractivity contribution in [3.63, 3.8) is 0 Å². The molecule has 1 aromatic rings. The highest BCUT2D eigenvalue weighted by molar-refractivity contribution is 5.76. The predicted octanol–water partition coefficient (Wildman–Crippen LogP) is 0.607. The maximum atomic E-state index is 11.9. The van der Waals surface area contributed by atoms with Gasteiger partial charge in [-0.1, -0.05) is 18.2 Å². The zero-order valence-corrected chi connectivity index (χ0v) is 11.1. The van der Waals surface area contributed by atoms with Gasteiger partial charge < -0.3 is 20.7 Å². The molecule has 1 fully saturated rings. The quantitative estimate of drug-likeness (QED) is 0.603. The molecule has 104 valence electrons. The number of nitrogens with zero attached hydrogens (tertiary/aromatic N) is 1. The summed E-state index contributed by atoms with van der Waals surface area (Å²) in [5.74, 6) is 0.192. The number of nitrogens with two attached hydrogens (primary N) is 1. The summed E-state index contributed by atoms with van der Waals surface area (Å²) in [6.45, 7) is 4.10. The summed E-state index contributed by atoms with van der Waals surface area (Å²) in [6, 6.07) is 7.76. The molecule has 0 atom stereocenters. The third-order valence-electron chi connectivity index (χ3n) is 3.25. The van der Waals surface area contributed by atoms with Crippen LogP contribution in [-0.4, -0.2) is 43.7 Å². The average molecular weight is 263 g/mol. The Hall–Kier alpha value is -1.59. The molecular formula is C14H21N3O2. The number of para-hydroxylation sites is 1. The van der Waals surface area contributed by atoms with Crippen molar-refractivity contribution in [3.05, 3.63) is 29.8 Å². The molecule has 0 aliphatic carbocycles. The minimum Gasteiger partial charge on any atom is -0.398 e. The third kappa shape index (κ3) is 4.22. The van der Waals surface area contributed by atoms with Gasteiger partial charge in [-0.15, -0.1) is 0 Å². The fraction of sp³-hybridized carbons (Fsp3) is 0.500. The molecule has 3 N–H and O–H groups in total. The number of carbonyl (C=O) groups is 1. The van der Waals surface area contributed by atoms with Crippen LogP contribution in [0.5, 0.6) is 0 Å². The molecule has 0 spiro atoms. The number of anilines is 1. The zero-order chi connectivity index (χ0) is 13.5. The van der Waals surface area contributed by atoms with Crippen LogP contribution in [0.15, 0.2) is 24.3 Å². The molecule has 1 heterocycles. The minimum atomic E-state index is 0.192. The van der Waals surface area contributed by atoms with Gasteiger partial charge in [0, 0.05) is 38.3 Å². The Balaban J connectivity index is 1.66. The number of amides is 1. The first-order valence-corrected chi connectivity index (χ1v) is 6.67. The van der Waals surface area contributed by atoms with Crippen molar-refractivity contribution in [3.8, 4) is 0 Å². The summed E-state index contributed by atoms with van der Waals surface area (Å²) in [5.41, 5.74) is 7.71. The van der Waals surface area contributed by atoms with E-state index in [9.17, 15) is 4.79 Å². The van der Waals surface area contributed by atoms with Crippen LogP contribution >= 0.6 is 0 Å². The van der Waals surface area contributed by atoms with E-state index in [0.717, 1.165) is 11.3 Å². The van der Waals surface area contributed by atoms with Crippen molar-refractivity contribution in [2.75, 3.05) is 38.6 Å². The van der Waals surface area contributed by atoms with Crippen LogP contribution in [0, 0.1) is 0 Å². The van der Waals surface area contributed by atoms with Gasteiger partial charge in [-0.3, -0.25) is 4.79 Å². The van der Waals surface area contributed by atoms with Crippen LogP contribution in [0.1, 0.15) is 12.0 Å². The Bertz CT molecular complexity index is 417. The highest BCUT2D eigenvalue weighted by Crippen LogP contribution is 2.09. The van der Waals surface area contributed by atoms with E-state index < -0.39 is 0 Å². The molecular weight excluding hydrogens is 242 g/mol. The Morgan fingerprint density at radius 2 is 2.05 bits per heavy atom. The monoisotopic (exact) mass is 263 g/mol. The first-order valence-electron chi connectivity index (χ1n) is 6.67. The van der Waals surface area contributed by atoms with E-state index in [-0.39, 0.29) is 5.91 Å². The largest absolute Gasteiger partial charge is 0.398 e. The third-order valence-corrected chi connectivity index (χ3v) is 3.25. The maximum Gasteiger partial charge on any atom is 0.224 e. The van der Waals surface area contributed by atoms with Gasteiger partial charge in [0.2, 0.25) is 5.91 Å². The molecule has 19 heavy (non-hydrogen) atoms. The SMILES string of the molecule is Nc1ccccc1CNCCC(=O)N1CCOCC1. The van der Waals surface area contributed by atoms with E-state index in [1.165, 1.54) is 0 Å². The normalized spacial score (nSPS) is 15.5. The molecule has 0 bridgehead atoms. The average Bonchev–Trinajstić information content (AvgIpc) is 2.46. The molecule has 1 saturated heterocycles. The standard InChI is InChI=1S/C14H21N3O2/c15-13-4-2-1-3-12(13)11-16-6-5-14(18)17-7-9-19-10-8-17/h1-4,16H,5-11,15H2. The first kappa shape index (κ1) is 13.8. The molecule has 0 aromatic heterocycles. The second-order valence-electron chi connectivity index (χ2n) is 4.62. The van der Waals surface area contributed by atoms with Crippen LogP contribution in [0.4, 0.5) is 5.69 Å². The predicted molar refractivity (Wildman–Crippen MR) is 74.6 cm³/mol. The lowest BCUT2D eigenvalue weighted by molar-refractivity contribution is -0.135. The van der Waals surface area contributed by atoms with Gasteiger partial charge in [-0.05, 0) is 11.6 Å². The molecule has 0 saturated carbocycles. The van der Waals surface area contributed by atoms with E-state index in [0.29, 0.717) is 45.8 Å². The fourth-order valence-electron chi connectivity index (χ4n) is 2.08. The highest BCUT2D eigenvalue weighted by Gasteiger charge is 2.15. The molecule has 2 rings (SSSR count). The zero-order valence-electron chi connectivity index (χ0n) is 11.1. The van der Waals surface area contributed by atoms with E-state index in [1.54, 1.807) is 0 Å². The van der Waals surface area contributed by atoms with Crippen molar-refractivity contribution >= 4 is 11.6 Å². The van der Waals surface area contributed by atoms with Gasteiger partial charge >= 0.3 is 0 Å². The number of hydrogen-bond donors (Lipinski definition) is 2. The van der Waals surface area contributed by atoms with Crippen molar-refractivity contribution in [1.82, 2.24) is 10.2 Å². The lowest BCUT2D eigenvalue weighted by Gasteiger charge is -2.26. The van der Waals surface area contributed by atoms with Crippen LogP contribution in [0.3, 0.4) is 0 Å². The van der Waals surface area contributed by atoms with Crippen molar-refractivity contribution in [1.29, 1.82) is 0 Å². The number of ether oxygens (including phenoxy) is 1. The Labute approximate surface area is 113 Å². The summed E-state index contributed by atoms with van der Waals surface area (Å²) in [5, 5.41) is 3.25. The van der Waals surface area contributed by atoms with Gasteiger partial charge in [-0.25, -0.2) is 0 Å². The van der Waals surface area contributed by atoms with Crippen molar-refractivity contribution < 1.29 is 9.53 Å². The minimum absolute atomic E-state index is 0.192. The van der Waals surface area contributed by atoms with Crippen LogP contribution in [0.2, 0.25) is 0 Å². The van der Waals surface area contributed by atoms with Crippen LogP contribution in [0.25, 0.3) is 0 Å². The van der Waals surface area contributed by atoms with E-state index in [1.807, 2.05) is 29.2 Å². The highest BCUT2D eigenvalue weighted by atomic mass is 16.5. The number of benzene rings is 1. The number of rotatable bonds is 5. The maximum absolute atomic E-state index is 11.9. The van der Waals surface area contributed by atoms with Gasteiger partial charge in [0.25, 0.3) is 0 Å². The fourth-order valence-corrected chi connectivity index (χ4v) is 2.08. The lowest BCUT2D eigenvalue weighted by atomic mass is 10.2. The topological polar surface area (TPSA) is 67.6 Å². The number of hydrogen-bond acceptors (Lipinski definition) is 4. The summed E-state index contributed by atoms with van der Waals surface area (Å²) in [6.07, 6.45) is 0.521. The summed E-state index contributed by atoms with van der Waals surface area (Å²) < 4.78 is 5.22. The molecule has 0 radical (unpaired) electrons. The lowest BCUT2D eigenvalue weighted by Crippen LogP contribution is -2.41. The smallest absolute Gasteiger partial charge is 0.224 e. The van der Waals surface area contributed by atoms with E-state index in [4.69, 9.17) is 10.5 Å². The van der Waals surface area contributed by atoms with Gasteiger partial charge in [-0.2, -0.15) is 0 Å². The van der Waals surface area contributed by atoms with E-state index in [2.05, 4.69) is 5.32 Å². The van der Waals surface area contributed by atoms with Crippen LogP contribution < -0.4 is 11.1 Å². The number of nitrogens with one attached hydrogen (secondary N) is 1. The Kier molecular flexibility index (Phi) is 5.18. The number of morpholine rings is 1. The molecule has 1 aromatic carbocycles. The summed E-state index contributed by atoms with van der Waals surface area (Å²) in [4.78, 5) is 13.7. The summed E-state index contributed by atoms with van der Waals surface area (Å²) >= 11 is 0. The number of nitrogen functional groups attached to an aromatic ring is 1. The molecule has 0 unspecified atom stereocenters. The molecule has 5 heteroatoms. The molecule has 1 amide bonds. The molecule has 1 aliphatic rings. The van der Waals surface area contributed by atoms with Crippen LogP contribution in [-0.2, 0) is 16.1 Å². The second kappa shape index (κ2) is 7.11. The Morgan fingerprint density at radius 1 is 1.32 bits per heavy atom. The second-order valence-corrected chi connectivity index (χ2v) is 4.62. The Morgan fingerprint density at radius 3 is 2.79 bits per heavy atom. The molecule has 1 aliphatic heterocycles. The summed E-state index contributed by atoms with van der Waals surface area (Å²) in [7, 11) is 0. The van der Waals surface area contributed by atoms with Gasteiger partial charge in [0.15, 0.2) is 0 Å². The van der Waals surface area contributed by atoms with Gasteiger partial charge in [0.1, 0.15) is 0 Å².